The van der Waals surface area contributed by atoms with Crippen LogP contribution in [0.1, 0.15) is 18.2 Å². The summed E-state index contributed by atoms with van der Waals surface area (Å²) in [5.74, 6) is 0.992. The van der Waals surface area contributed by atoms with Gasteiger partial charge in [-0.2, -0.15) is 5.26 Å². The van der Waals surface area contributed by atoms with E-state index < -0.39 is 6.10 Å². The van der Waals surface area contributed by atoms with Crippen LogP contribution in [0.3, 0.4) is 0 Å². The van der Waals surface area contributed by atoms with Crippen molar-refractivity contribution in [2.24, 2.45) is 0 Å². The highest BCUT2D eigenvalue weighted by atomic mass is 16.5. The maximum Gasteiger partial charge on any atom is 0.221 e. The van der Waals surface area contributed by atoms with E-state index in [1.165, 1.54) is 6.92 Å². The smallest absolute Gasteiger partial charge is 0.221 e. The van der Waals surface area contributed by atoms with Crippen LogP contribution in [0.25, 0.3) is 10.9 Å². The van der Waals surface area contributed by atoms with Gasteiger partial charge in [0.05, 0.1) is 22.2 Å². The monoisotopic (exact) mass is 422 g/mol. The summed E-state index contributed by atoms with van der Waals surface area (Å²) in [6.07, 6.45) is -0.729. The fourth-order valence-corrected chi connectivity index (χ4v) is 3.24. The number of nitrogens with one attached hydrogen (secondary N) is 3. The van der Waals surface area contributed by atoms with Gasteiger partial charge in [0.2, 0.25) is 5.91 Å². The zero-order chi connectivity index (χ0) is 22.2. The zero-order valence-corrected chi connectivity index (χ0v) is 17.6. The van der Waals surface area contributed by atoms with E-state index in [2.05, 4.69) is 21.7 Å². The number of carbonyl (C=O) groups excluding carboxylic acids is 1. The van der Waals surface area contributed by atoms with Crippen LogP contribution in [-0.4, -0.2) is 48.4 Å². The van der Waals surface area contributed by atoms with Crippen LogP contribution in [0.2, 0.25) is 0 Å². The predicted molar refractivity (Wildman–Crippen MR) is 118 cm³/mol. The number of hydrogen-bond acceptors (Lipinski definition) is 6. The van der Waals surface area contributed by atoms with Gasteiger partial charge in [-0.3, -0.25) is 4.79 Å². The SMILES string of the molecule is CC(=O)Nc1ccccc1OCCNCC(O)COc1cccc2[nH]c(C)c(C#N)c12. The third-order valence-corrected chi connectivity index (χ3v) is 4.63. The number of aliphatic hydroxyl groups is 1. The number of hydrogen-bond donors (Lipinski definition) is 4. The maximum atomic E-state index is 11.3. The van der Waals surface area contributed by atoms with Crippen LogP contribution in [-0.2, 0) is 4.79 Å². The number of amides is 1. The normalized spacial score (nSPS) is 11.7. The highest BCUT2D eigenvalue weighted by Crippen LogP contribution is 2.30. The Kier molecular flexibility index (Phi) is 7.49. The molecule has 1 aromatic heterocycles. The Labute approximate surface area is 180 Å². The summed E-state index contributed by atoms with van der Waals surface area (Å²) in [4.78, 5) is 14.4. The number of carbonyl (C=O) groups is 1. The molecule has 3 rings (SSSR count). The first-order chi connectivity index (χ1) is 15.0. The Balaban J connectivity index is 1.44. The highest BCUT2D eigenvalue weighted by Gasteiger charge is 2.14. The van der Waals surface area contributed by atoms with Crippen molar-refractivity contribution in [3.8, 4) is 17.6 Å². The van der Waals surface area contributed by atoms with E-state index >= 15 is 0 Å². The third kappa shape index (κ3) is 5.75. The van der Waals surface area contributed by atoms with E-state index in [1.54, 1.807) is 18.2 Å². The fourth-order valence-electron chi connectivity index (χ4n) is 3.24. The molecule has 31 heavy (non-hydrogen) atoms. The molecule has 0 saturated heterocycles. The largest absolute Gasteiger partial charge is 0.490 e. The van der Waals surface area contributed by atoms with Crippen molar-refractivity contribution < 1.29 is 19.4 Å². The molecule has 0 bridgehead atoms. The quantitative estimate of drug-likeness (QED) is 0.373. The van der Waals surface area contributed by atoms with Crippen LogP contribution in [0, 0.1) is 18.3 Å². The number of nitrogens with zero attached hydrogens (tertiary/aromatic N) is 1. The van der Waals surface area contributed by atoms with E-state index in [0.717, 1.165) is 16.6 Å². The van der Waals surface area contributed by atoms with Gasteiger partial charge in [-0.15, -0.1) is 0 Å². The second-order valence-electron chi connectivity index (χ2n) is 7.11. The third-order valence-electron chi connectivity index (χ3n) is 4.63. The van der Waals surface area contributed by atoms with E-state index in [9.17, 15) is 15.2 Å². The van der Waals surface area contributed by atoms with Crippen molar-refractivity contribution in [2.45, 2.75) is 20.0 Å². The van der Waals surface area contributed by atoms with Gasteiger partial charge in [-0.1, -0.05) is 18.2 Å². The topological polar surface area (TPSA) is 119 Å². The molecule has 1 unspecified atom stereocenters. The van der Waals surface area contributed by atoms with Crippen LogP contribution in [0.5, 0.6) is 11.5 Å². The number of ether oxygens (including phenoxy) is 2. The van der Waals surface area contributed by atoms with E-state index in [1.807, 2.05) is 31.2 Å². The van der Waals surface area contributed by atoms with Gasteiger partial charge in [0.15, 0.2) is 0 Å². The summed E-state index contributed by atoms with van der Waals surface area (Å²) >= 11 is 0. The number of fused-ring (bicyclic) bond motifs is 1. The summed E-state index contributed by atoms with van der Waals surface area (Å²) in [6, 6.07) is 14.9. The maximum absolute atomic E-state index is 11.3. The lowest BCUT2D eigenvalue weighted by atomic mass is 10.1. The number of nitriles is 1. The molecule has 0 fully saturated rings. The van der Waals surface area contributed by atoms with E-state index in [4.69, 9.17) is 9.47 Å². The molecular weight excluding hydrogens is 396 g/mol. The number of aromatic amines is 1. The number of H-pyrrole nitrogens is 1. The van der Waals surface area contributed by atoms with Gasteiger partial charge in [0.25, 0.3) is 0 Å². The minimum Gasteiger partial charge on any atom is -0.490 e. The van der Waals surface area contributed by atoms with Crippen LogP contribution < -0.4 is 20.1 Å². The van der Waals surface area contributed by atoms with Crippen molar-refractivity contribution in [3.05, 3.63) is 53.7 Å². The minimum atomic E-state index is -0.729. The molecule has 0 aliphatic heterocycles. The zero-order valence-electron chi connectivity index (χ0n) is 17.6. The molecule has 0 aliphatic carbocycles. The van der Waals surface area contributed by atoms with Gasteiger partial charge >= 0.3 is 0 Å². The Morgan fingerprint density at radius 3 is 2.74 bits per heavy atom. The molecule has 1 atom stereocenters. The predicted octanol–water partition coefficient (Wildman–Crippen LogP) is 2.71. The molecule has 4 N–H and O–H groups in total. The molecule has 1 amide bonds. The first kappa shape index (κ1) is 22.2. The molecule has 8 heteroatoms. The van der Waals surface area contributed by atoms with Crippen LogP contribution >= 0.6 is 0 Å². The molecule has 0 spiro atoms. The second-order valence-corrected chi connectivity index (χ2v) is 7.11. The first-order valence-corrected chi connectivity index (χ1v) is 10.0. The lowest BCUT2D eigenvalue weighted by Crippen LogP contribution is -2.33. The molecule has 0 saturated carbocycles. The van der Waals surface area contributed by atoms with Gasteiger partial charge < -0.3 is 30.2 Å². The van der Waals surface area contributed by atoms with Gasteiger partial charge in [0.1, 0.15) is 36.9 Å². The number of benzene rings is 2. The number of rotatable bonds is 10. The summed E-state index contributed by atoms with van der Waals surface area (Å²) in [6.45, 7) is 4.59. The highest BCUT2D eigenvalue weighted by molar-refractivity contribution is 5.92. The number of aryl methyl sites for hydroxylation is 1. The number of para-hydroxylation sites is 2. The van der Waals surface area contributed by atoms with Crippen molar-refractivity contribution in [1.82, 2.24) is 10.3 Å². The van der Waals surface area contributed by atoms with Gasteiger partial charge in [-0.05, 0) is 31.2 Å². The van der Waals surface area contributed by atoms with Crippen molar-refractivity contribution in [3.63, 3.8) is 0 Å². The Morgan fingerprint density at radius 1 is 1.19 bits per heavy atom. The summed E-state index contributed by atoms with van der Waals surface area (Å²) in [7, 11) is 0. The number of anilines is 1. The fraction of sp³-hybridized carbons (Fsp3) is 0.304. The average Bonchev–Trinajstić information content (AvgIpc) is 3.08. The molecule has 0 radical (unpaired) electrons. The summed E-state index contributed by atoms with van der Waals surface area (Å²) in [5, 5.41) is 26.2. The van der Waals surface area contributed by atoms with Gasteiger partial charge in [0, 0.05) is 25.7 Å². The number of aliphatic hydroxyl groups excluding tert-OH is 1. The number of aromatic nitrogens is 1. The second kappa shape index (κ2) is 10.5. The molecule has 1 heterocycles. The minimum absolute atomic E-state index is 0.0907. The van der Waals surface area contributed by atoms with Crippen molar-refractivity contribution in [2.75, 3.05) is 31.6 Å². The molecule has 2 aromatic carbocycles. The molecule has 162 valence electrons. The lowest BCUT2D eigenvalue weighted by molar-refractivity contribution is -0.114. The molecule has 8 nitrogen and oxygen atoms in total. The van der Waals surface area contributed by atoms with E-state index in [-0.39, 0.29) is 12.5 Å². The molecule has 3 aromatic rings. The van der Waals surface area contributed by atoms with Crippen LogP contribution in [0.4, 0.5) is 5.69 Å². The molecule has 0 aliphatic rings. The molecular formula is C23H26N4O4. The van der Waals surface area contributed by atoms with Gasteiger partial charge in [-0.25, -0.2) is 0 Å². The Morgan fingerprint density at radius 2 is 1.97 bits per heavy atom. The van der Waals surface area contributed by atoms with Crippen molar-refractivity contribution in [1.29, 1.82) is 5.26 Å². The Hall–Kier alpha value is -3.54. The van der Waals surface area contributed by atoms with Crippen molar-refractivity contribution >= 4 is 22.5 Å². The Bertz CT molecular complexity index is 1090. The van der Waals surface area contributed by atoms with Crippen LogP contribution in [0.15, 0.2) is 42.5 Å². The summed E-state index contributed by atoms with van der Waals surface area (Å²) in [5.41, 5.74) is 2.79. The first-order valence-electron chi connectivity index (χ1n) is 10.0. The standard InChI is InChI=1S/C23H26N4O4/c1-15-18(12-24)23-20(26-15)7-5-9-22(23)31-14-17(29)13-25-10-11-30-21-8-4-3-6-19(21)27-16(2)28/h3-9,17,25-26,29H,10-11,13-14H2,1-2H3,(H,27,28). The summed E-state index contributed by atoms with van der Waals surface area (Å²) < 4.78 is 11.5. The average molecular weight is 422 g/mol. The lowest BCUT2D eigenvalue weighted by Gasteiger charge is -2.15. The van der Waals surface area contributed by atoms with E-state index in [0.29, 0.717) is 42.4 Å².